The summed E-state index contributed by atoms with van der Waals surface area (Å²) in [6, 6.07) is 0. The predicted octanol–water partition coefficient (Wildman–Crippen LogP) is 2.60. The number of allylic oxidation sites excluding steroid dienone is 1. The van der Waals surface area contributed by atoms with E-state index < -0.39 is 0 Å². The van der Waals surface area contributed by atoms with E-state index in [-0.39, 0.29) is 0 Å². The van der Waals surface area contributed by atoms with Gasteiger partial charge in [-0.1, -0.05) is 19.9 Å². The minimum absolute atomic E-state index is 1.09. The van der Waals surface area contributed by atoms with E-state index in [0.29, 0.717) is 0 Å². The third-order valence-electron chi connectivity index (χ3n) is 3.12. The van der Waals surface area contributed by atoms with Gasteiger partial charge in [-0.25, -0.2) is 0 Å². The van der Waals surface area contributed by atoms with Crippen molar-refractivity contribution in [2.75, 3.05) is 13.6 Å². The molecule has 15 heavy (non-hydrogen) atoms. The van der Waals surface area contributed by atoms with Crippen molar-refractivity contribution in [3.63, 3.8) is 0 Å². The molecule has 1 aliphatic carbocycles. The average Bonchev–Trinajstić information content (AvgIpc) is 2.79. The SMILES string of the molecule is CC.CN1CCc2c([nH]c3c2CC=C3)C1. The Kier molecular flexibility index (Phi) is 2.96. The van der Waals surface area contributed by atoms with E-state index >= 15 is 0 Å². The van der Waals surface area contributed by atoms with Gasteiger partial charge in [0.05, 0.1) is 0 Å². The van der Waals surface area contributed by atoms with Gasteiger partial charge in [0, 0.05) is 24.5 Å². The monoisotopic (exact) mass is 204 g/mol. The highest BCUT2D eigenvalue weighted by atomic mass is 15.1. The van der Waals surface area contributed by atoms with Crippen molar-refractivity contribution in [2.24, 2.45) is 0 Å². The van der Waals surface area contributed by atoms with Crippen molar-refractivity contribution >= 4 is 6.08 Å². The molecule has 2 heteroatoms. The normalized spacial score (nSPS) is 18.1. The van der Waals surface area contributed by atoms with Gasteiger partial charge in [-0.3, -0.25) is 0 Å². The van der Waals surface area contributed by atoms with Crippen LogP contribution in [0.15, 0.2) is 6.08 Å². The molecule has 0 aromatic carbocycles. The molecule has 1 aliphatic heterocycles. The summed E-state index contributed by atoms with van der Waals surface area (Å²) in [5.41, 5.74) is 5.96. The Morgan fingerprint density at radius 2 is 2.07 bits per heavy atom. The molecule has 1 aromatic rings. The Morgan fingerprint density at radius 3 is 2.87 bits per heavy atom. The molecule has 1 N–H and O–H groups in total. The number of likely N-dealkylation sites (N-methyl/N-ethyl adjacent to an activating group) is 1. The summed E-state index contributed by atoms with van der Waals surface area (Å²) in [5.74, 6) is 0. The number of nitrogens with one attached hydrogen (secondary N) is 1. The third kappa shape index (κ3) is 1.74. The summed E-state index contributed by atoms with van der Waals surface area (Å²) in [6.07, 6.45) is 6.83. The van der Waals surface area contributed by atoms with Crippen LogP contribution in [0.1, 0.15) is 36.4 Å². The van der Waals surface area contributed by atoms with Gasteiger partial charge < -0.3 is 9.88 Å². The molecule has 0 fully saturated rings. The molecule has 0 saturated carbocycles. The fraction of sp³-hybridized carbons (Fsp3) is 0.538. The Bertz CT molecular complexity index is 374. The largest absolute Gasteiger partial charge is 0.357 e. The van der Waals surface area contributed by atoms with Crippen LogP contribution >= 0.6 is 0 Å². The number of H-pyrrole nitrogens is 1. The Labute approximate surface area is 92.0 Å². The lowest BCUT2D eigenvalue weighted by Crippen LogP contribution is -2.26. The number of aromatic amines is 1. The zero-order valence-corrected chi connectivity index (χ0v) is 9.93. The second kappa shape index (κ2) is 4.23. The fourth-order valence-corrected chi connectivity index (χ4v) is 2.42. The highest BCUT2D eigenvalue weighted by Crippen LogP contribution is 2.29. The molecule has 0 radical (unpaired) electrons. The molecule has 0 atom stereocenters. The average molecular weight is 204 g/mol. The van der Waals surface area contributed by atoms with Gasteiger partial charge in [-0.15, -0.1) is 0 Å². The Morgan fingerprint density at radius 1 is 1.27 bits per heavy atom. The van der Waals surface area contributed by atoms with Crippen LogP contribution in [0.25, 0.3) is 6.08 Å². The van der Waals surface area contributed by atoms with E-state index in [0.717, 1.165) is 13.0 Å². The topological polar surface area (TPSA) is 19.0 Å². The highest BCUT2D eigenvalue weighted by molar-refractivity contribution is 5.61. The van der Waals surface area contributed by atoms with Crippen molar-refractivity contribution in [3.8, 4) is 0 Å². The molecule has 2 nitrogen and oxygen atoms in total. The predicted molar refractivity (Wildman–Crippen MR) is 64.9 cm³/mol. The smallest absolute Gasteiger partial charge is 0.0418 e. The van der Waals surface area contributed by atoms with Gasteiger partial charge >= 0.3 is 0 Å². The first-order chi connectivity index (χ1) is 7.34. The van der Waals surface area contributed by atoms with E-state index in [1.54, 1.807) is 11.1 Å². The van der Waals surface area contributed by atoms with Crippen LogP contribution in [0.3, 0.4) is 0 Å². The summed E-state index contributed by atoms with van der Waals surface area (Å²) >= 11 is 0. The van der Waals surface area contributed by atoms with E-state index in [1.165, 1.54) is 24.4 Å². The van der Waals surface area contributed by atoms with Crippen LogP contribution < -0.4 is 0 Å². The lowest BCUT2D eigenvalue weighted by molar-refractivity contribution is 0.309. The molecule has 2 heterocycles. The molecule has 0 bridgehead atoms. The van der Waals surface area contributed by atoms with Crippen LogP contribution in [0.5, 0.6) is 0 Å². The number of fused-ring (bicyclic) bond motifs is 3. The summed E-state index contributed by atoms with van der Waals surface area (Å²) in [5, 5.41) is 0. The van der Waals surface area contributed by atoms with E-state index in [9.17, 15) is 0 Å². The molecule has 2 aliphatic rings. The van der Waals surface area contributed by atoms with Crippen molar-refractivity contribution < 1.29 is 0 Å². The number of aromatic nitrogens is 1. The maximum absolute atomic E-state index is 3.52. The van der Waals surface area contributed by atoms with Gasteiger partial charge in [0.2, 0.25) is 0 Å². The first-order valence-corrected chi connectivity index (χ1v) is 5.92. The first kappa shape index (κ1) is 10.5. The third-order valence-corrected chi connectivity index (χ3v) is 3.12. The highest BCUT2D eigenvalue weighted by Gasteiger charge is 2.21. The van der Waals surface area contributed by atoms with Gasteiger partial charge in [0.1, 0.15) is 0 Å². The molecule has 1 aromatic heterocycles. The standard InChI is InChI=1S/C11H14N2.C2H6/c1-13-6-5-9-8-3-2-4-10(8)12-11(9)7-13;1-2/h2,4,12H,3,5-7H2,1H3;1-2H3. The number of hydrogen-bond donors (Lipinski definition) is 1. The van der Waals surface area contributed by atoms with Gasteiger partial charge in [0.15, 0.2) is 0 Å². The summed E-state index contributed by atoms with van der Waals surface area (Å²) in [6.45, 7) is 6.30. The molecule has 0 unspecified atom stereocenters. The second-order valence-electron chi connectivity index (χ2n) is 4.07. The molecule has 3 rings (SSSR count). The Hall–Kier alpha value is -1.02. The van der Waals surface area contributed by atoms with Crippen molar-refractivity contribution in [2.45, 2.75) is 33.2 Å². The van der Waals surface area contributed by atoms with Crippen LogP contribution in [-0.2, 0) is 19.4 Å². The summed E-state index contributed by atoms with van der Waals surface area (Å²) in [4.78, 5) is 5.89. The van der Waals surface area contributed by atoms with Crippen LogP contribution in [-0.4, -0.2) is 23.5 Å². The molecule has 0 spiro atoms. The van der Waals surface area contributed by atoms with E-state index in [1.807, 2.05) is 13.8 Å². The minimum atomic E-state index is 1.09. The Balaban J connectivity index is 0.000000404. The van der Waals surface area contributed by atoms with Gasteiger partial charge in [0.25, 0.3) is 0 Å². The first-order valence-electron chi connectivity index (χ1n) is 5.92. The fourth-order valence-electron chi connectivity index (χ4n) is 2.42. The molecule has 82 valence electrons. The van der Waals surface area contributed by atoms with E-state index in [4.69, 9.17) is 0 Å². The lowest BCUT2D eigenvalue weighted by Gasteiger charge is -2.22. The minimum Gasteiger partial charge on any atom is -0.357 e. The van der Waals surface area contributed by atoms with Gasteiger partial charge in [-0.2, -0.15) is 0 Å². The van der Waals surface area contributed by atoms with Crippen molar-refractivity contribution in [1.29, 1.82) is 0 Å². The second-order valence-corrected chi connectivity index (χ2v) is 4.07. The summed E-state index contributed by atoms with van der Waals surface area (Å²) < 4.78 is 0. The maximum atomic E-state index is 3.52. The molecular formula is C13H20N2. The summed E-state index contributed by atoms with van der Waals surface area (Å²) in [7, 11) is 2.19. The zero-order chi connectivity index (χ0) is 10.8. The number of nitrogens with zero attached hydrogens (tertiary/aromatic N) is 1. The quantitative estimate of drug-likeness (QED) is 0.688. The van der Waals surface area contributed by atoms with Crippen LogP contribution in [0.4, 0.5) is 0 Å². The number of rotatable bonds is 0. The van der Waals surface area contributed by atoms with Crippen molar-refractivity contribution in [3.05, 3.63) is 28.6 Å². The maximum Gasteiger partial charge on any atom is 0.0418 e. The molecule has 0 amide bonds. The van der Waals surface area contributed by atoms with Crippen molar-refractivity contribution in [1.82, 2.24) is 9.88 Å². The van der Waals surface area contributed by atoms with Gasteiger partial charge in [-0.05, 0) is 37.1 Å². The van der Waals surface area contributed by atoms with E-state index in [2.05, 4.69) is 29.1 Å². The molecular weight excluding hydrogens is 184 g/mol. The lowest BCUT2D eigenvalue weighted by atomic mass is 10.0. The van der Waals surface area contributed by atoms with Crippen LogP contribution in [0.2, 0.25) is 0 Å². The van der Waals surface area contributed by atoms with Crippen LogP contribution in [0, 0.1) is 0 Å². The molecule has 0 saturated heterocycles. The zero-order valence-electron chi connectivity index (χ0n) is 9.93. The number of hydrogen-bond acceptors (Lipinski definition) is 1.